The molecule has 1 aliphatic heterocycles. The molecular formula is C9H19N3O4S. The highest BCUT2D eigenvalue weighted by atomic mass is 32.2. The number of carboxylic acids is 1. The number of sulfonamides is 1. The highest BCUT2D eigenvalue weighted by Gasteiger charge is 2.14. The average Bonchev–Trinajstić information content (AvgIpc) is 2.28. The van der Waals surface area contributed by atoms with Crippen molar-refractivity contribution in [2.75, 3.05) is 45.0 Å². The second-order valence-corrected chi connectivity index (χ2v) is 5.88. The van der Waals surface area contributed by atoms with Crippen LogP contribution >= 0.6 is 0 Å². The summed E-state index contributed by atoms with van der Waals surface area (Å²) in [6.45, 7) is 4.67. The molecule has 0 aromatic heterocycles. The Morgan fingerprint density at radius 3 is 2.59 bits per heavy atom. The van der Waals surface area contributed by atoms with Gasteiger partial charge >= 0.3 is 5.97 Å². The first kappa shape index (κ1) is 14.4. The third-order valence-corrected chi connectivity index (χ3v) is 3.93. The van der Waals surface area contributed by atoms with Crippen molar-refractivity contribution in [3.63, 3.8) is 0 Å². The fourth-order valence-electron chi connectivity index (χ4n) is 1.59. The Morgan fingerprint density at radius 2 is 2.00 bits per heavy atom. The Balaban J connectivity index is 2.17. The van der Waals surface area contributed by atoms with Gasteiger partial charge in [-0.3, -0.25) is 9.69 Å². The molecule has 0 aromatic rings. The number of nitrogens with zero attached hydrogens (tertiary/aromatic N) is 1. The molecule has 1 rings (SSSR count). The number of rotatable bonds is 7. The van der Waals surface area contributed by atoms with Gasteiger partial charge in [0.1, 0.15) is 0 Å². The summed E-state index contributed by atoms with van der Waals surface area (Å²) in [6, 6.07) is 0. The van der Waals surface area contributed by atoms with Crippen LogP contribution in [0.15, 0.2) is 0 Å². The maximum Gasteiger partial charge on any atom is 0.304 e. The van der Waals surface area contributed by atoms with E-state index in [0.29, 0.717) is 13.1 Å². The summed E-state index contributed by atoms with van der Waals surface area (Å²) < 4.78 is 25.2. The fraction of sp³-hybridized carbons (Fsp3) is 0.889. The van der Waals surface area contributed by atoms with E-state index in [0.717, 1.165) is 26.2 Å². The molecule has 0 atom stereocenters. The average molecular weight is 265 g/mol. The maximum absolute atomic E-state index is 11.4. The van der Waals surface area contributed by atoms with Crippen LogP contribution in [0.5, 0.6) is 0 Å². The molecule has 7 nitrogen and oxygen atoms in total. The van der Waals surface area contributed by atoms with Gasteiger partial charge in [0.2, 0.25) is 10.0 Å². The lowest BCUT2D eigenvalue weighted by Gasteiger charge is -2.27. The lowest BCUT2D eigenvalue weighted by molar-refractivity contribution is -0.136. The van der Waals surface area contributed by atoms with E-state index in [9.17, 15) is 13.2 Å². The summed E-state index contributed by atoms with van der Waals surface area (Å²) in [7, 11) is -3.45. The molecule has 0 bridgehead atoms. The molecule has 17 heavy (non-hydrogen) atoms. The van der Waals surface area contributed by atoms with Gasteiger partial charge < -0.3 is 10.4 Å². The van der Waals surface area contributed by atoms with Crippen LogP contribution in [0, 0.1) is 0 Å². The van der Waals surface area contributed by atoms with Gasteiger partial charge in [-0.05, 0) is 0 Å². The molecule has 0 spiro atoms. The smallest absolute Gasteiger partial charge is 0.304 e. The van der Waals surface area contributed by atoms with Gasteiger partial charge in [0.25, 0.3) is 0 Å². The molecule has 1 aliphatic rings. The second-order valence-electron chi connectivity index (χ2n) is 3.95. The molecule has 0 saturated carbocycles. The molecule has 1 fully saturated rings. The van der Waals surface area contributed by atoms with Crippen molar-refractivity contribution >= 4 is 16.0 Å². The Labute approximate surface area is 101 Å². The first-order valence-electron chi connectivity index (χ1n) is 5.62. The number of hydrogen-bond acceptors (Lipinski definition) is 5. The molecule has 0 aliphatic carbocycles. The molecule has 0 aromatic carbocycles. The number of carboxylic acid groups (broad SMARTS) is 1. The summed E-state index contributed by atoms with van der Waals surface area (Å²) in [6.07, 6.45) is -0.358. The Morgan fingerprint density at radius 1 is 1.35 bits per heavy atom. The molecule has 1 saturated heterocycles. The SMILES string of the molecule is O=C(O)CCS(=O)(=O)NCCN1CCNCC1. The summed E-state index contributed by atoms with van der Waals surface area (Å²) in [4.78, 5) is 12.4. The monoisotopic (exact) mass is 265 g/mol. The predicted molar refractivity (Wildman–Crippen MR) is 63.4 cm³/mol. The largest absolute Gasteiger partial charge is 0.481 e. The van der Waals surface area contributed by atoms with Crippen LogP contribution in [0.4, 0.5) is 0 Å². The van der Waals surface area contributed by atoms with Crippen molar-refractivity contribution in [1.82, 2.24) is 14.9 Å². The Bertz CT molecular complexity index is 338. The summed E-state index contributed by atoms with van der Waals surface area (Å²) in [5, 5.41) is 11.6. The van der Waals surface area contributed by atoms with Gasteiger partial charge in [0.15, 0.2) is 0 Å². The van der Waals surface area contributed by atoms with Crippen LogP contribution in [0.25, 0.3) is 0 Å². The molecule has 0 amide bonds. The van der Waals surface area contributed by atoms with Gasteiger partial charge in [-0.2, -0.15) is 0 Å². The molecule has 1 heterocycles. The Kier molecular flexibility index (Phi) is 5.83. The third-order valence-electron chi connectivity index (χ3n) is 2.54. The number of piperazine rings is 1. The molecular weight excluding hydrogens is 246 g/mol. The van der Waals surface area contributed by atoms with E-state index in [2.05, 4.69) is 14.9 Å². The highest BCUT2D eigenvalue weighted by molar-refractivity contribution is 7.89. The molecule has 0 unspecified atom stereocenters. The van der Waals surface area contributed by atoms with E-state index in [1.54, 1.807) is 0 Å². The van der Waals surface area contributed by atoms with E-state index < -0.39 is 16.0 Å². The third kappa shape index (κ3) is 6.57. The summed E-state index contributed by atoms with van der Waals surface area (Å²) >= 11 is 0. The first-order valence-corrected chi connectivity index (χ1v) is 7.27. The lowest BCUT2D eigenvalue weighted by Crippen LogP contribution is -2.46. The summed E-state index contributed by atoms with van der Waals surface area (Å²) in [5.74, 6) is -1.46. The van der Waals surface area contributed by atoms with Crippen LogP contribution in [0.1, 0.15) is 6.42 Å². The van der Waals surface area contributed by atoms with Crippen LogP contribution < -0.4 is 10.0 Å². The minimum atomic E-state index is -3.45. The number of hydrogen-bond donors (Lipinski definition) is 3. The second kappa shape index (κ2) is 6.90. The number of carbonyl (C=O) groups is 1. The molecule has 8 heteroatoms. The zero-order valence-corrected chi connectivity index (χ0v) is 10.5. The number of aliphatic carboxylic acids is 1. The zero-order valence-electron chi connectivity index (χ0n) is 9.68. The Hall–Kier alpha value is -0.700. The standard InChI is InChI=1S/C9H19N3O4S/c13-9(14)1-8-17(15,16)11-4-7-12-5-2-10-3-6-12/h10-11H,1-8H2,(H,13,14). The van der Waals surface area contributed by atoms with Gasteiger partial charge in [-0.25, -0.2) is 13.1 Å². The van der Waals surface area contributed by atoms with E-state index >= 15 is 0 Å². The van der Waals surface area contributed by atoms with Crippen LogP contribution in [-0.2, 0) is 14.8 Å². The van der Waals surface area contributed by atoms with Gasteiger partial charge in [-0.1, -0.05) is 0 Å². The van der Waals surface area contributed by atoms with Gasteiger partial charge in [0, 0.05) is 39.3 Å². The van der Waals surface area contributed by atoms with Crippen LogP contribution in [0.3, 0.4) is 0 Å². The van der Waals surface area contributed by atoms with Crippen molar-refractivity contribution in [3.8, 4) is 0 Å². The zero-order chi connectivity index (χ0) is 12.7. The van der Waals surface area contributed by atoms with Crippen molar-refractivity contribution in [3.05, 3.63) is 0 Å². The normalized spacial score (nSPS) is 18.1. The highest BCUT2D eigenvalue weighted by Crippen LogP contribution is 1.93. The maximum atomic E-state index is 11.4. The van der Waals surface area contributed by atoms with Crippen molar-refractivity contribution in [2.24, 2.45) is 0 Å². The quantitative estimate of drug-likeness (QED) is 0.507. The van der Waals surface area contributed by atoms with Crippen molar-refractivity contribution in [2.45, 2.75) is 6.42 Å². The van der Waals surface area contributed by atoms with Gasteiger partial charge in [0.05, 0.1) is 12.2 Å². The minimum Gasteiger partial charge on any atom is -0.481 e. The minimum absolute atomic E-state index is 0.335. The fourth-order valence-corrected chi connectivity index (χ4v) is 2.58. The predicted octanol–water partition coefficient (Wildman–Crippen LogP) is -1.71. The topological polar surface area (TPSA) is 98.7 Å². The van der Waals surface area contributed by atoms with Crippen molar-refractivity contribution < 1.29 is 18.3 Å². The van der Waals surface area contributed by atoms with Gasteiger partial charge in [-0.15, -0.1) is 0 Å². The van der Waals surface area contributed by atoms with E-state index in [-0.39, 0.29) is 12.2 Å². The number of nitrogens with one attached hydrogen (secondary N) is 2. The van der Waals surface area contributed by atoms with E-state index in [1.807, 2.05) is 0 Å². The van der Waals surface area contributed by atoms with E-state index in [4.69, 9.17) is 5.11 Å². The molecule has 0 radical (unpaired) electrons. The van der Waals surface area contributed by atoms with E-state index in [1.165, 1.54) is 0 Å². The molecule has 100 valence electrons. The van der Waals surface area contributed by atoms with Crippen LogP contribution in [-0.4, -0.2) is 69.4 Å². The summed E-state index contributed by atoms with van der Waals surface area (Å²) in [5.41, 5.74) is 0. The molecule has 3 N–H and O–H groups in total. The first-order chi connectivity index (χ1) is 7.99. The van der Waals surface area contributed by atoms with Crippen LogP contribution in [0.2, 0.25) is 0 Å². The lowest BCUT2D eigenvalue weighted by atomic mass is 10.3. The van der Waals surface area contributed by atoms with Crippen molar-refractivity contribution in [1.29, 1.82) is 0 Å².